The second-order valence-corrected chi connectivity index (χ2v) is 28.2. The van der Waals surface area contributed by atoms with Crippen molar-refractivity contribution in [2.75, 3.05) is 0 Å². The van der Waals surface area contributed by atoms with Crippen molar-refractivity contribution in [2.24, 2.45) is 0 Å². The minimum absolute atomic E-state index is 0.0829. The predicted octanol–water partition coefficient (Wildman–Crippen LogP) is 19.5. The molecule has 2 aliphatic rings. The first-order valence-corrected chi connectivity index (χ1v) is 27.5. The standard InChI is InChI=1S/C68H76BrN5O2/c1-63(2,3)43-29-40(30-44(35-43)64(4,5)6)58-50-23-24-51(70-50)59(41-31-45(65(7,8)9)36-46(32-41)66(10,11)12)53-27-28-55(72-53)61(39-19-21-49(69)22-20-39)62-57(74(75)76)38-56(73-62)60(54-26-25-52(58)71-54)42-33-47(67(13,14)15)37-48(34-42)68(16,17)18/h19-38,71-72H,1-18H3. The first kappa shape index (κ1) is 54.2. The smallest absolute Gasteiger partial charge is 0.297 e. The summed E-state index contributed by atoms with van der Waals surface area (Å²) in [6, 6.07) is 37.1. The molecule has 2 aliphatic heterocycles. The van der Waals surface area contributed by atoms with Crippen molar-refractivity contribution in [1.29, 1.82) is 0 Å². The molecule has 76 heavy (non-hydrogen) atoms. The molecule has 7 nitrogen and oxygen atoms in total. The molecule has 8 heteroatoms. The number of nitrogens with one attached hydrogen (secondary N) is 2. The Bertz CT molecular complexity index is 3630. The molecule has 0 fully saturated rings. The second kappa shape index (κ2) is 18.8. The highest BCUT2D eigenvalue weighted by Gasteiger charge is 2.31. The number of fused-ring (bicyclic) bond motifs is 8. The van der Waals surface area contributed by atoms with Crippen LogP contribution in [0.2, 0.25) is 0 Å². The largest absolute Gasteiger partial charge is 0.354 e. The van der Waals surface area contributed by atoms with Crippen LogP contribution in [-0.4, -0.2) is 24.9 Å². The summed E-state index contributed by atoms with van der Waals surface area (Å²) >= 11 is 3.66. The normalized spacial score (nSPS) is 13.6. The van der Waals surface area contributed by atoms with Gasteiger partial charge < -0.3 is 9.97 Å². The maximum Gasteiger partial charge on any atom is 0.297 e. The van der Waals surface area contributed by atoms with E-state index in [1.165, 1.54) is 22.3 Å². The first-order valence-electron chi connectivity index (χ1n) is 26.7. The van der Waals surface area contributed by atoms with E-state index in [0.717, 1.165) is 82.5 Å². The zero-order chi connectivity index (χ0) is 55.4. The van der Waals surface area contributed by atoms with Crippen LogP contribution in [0, 0.1) is 10.1 Å². The summed E-state index contributed by atoms with van der Waals surface area (Å²) in [5.41, 5.74) is 18.7. The summed E-state index contributed by atoms with van der Waals surface area (Å²) < 4.78 is 0.896. The average molecular weight is 1080 g/mol. The SMILES string of the molecule is CC(C)(C)c1cc(-c2c3nc(c(-c4cc(C(C)(C)C)cc(C(C)(C)C)c4)c4ccc([nH]4)c(-c4ccc(Br)cc4)c4nc(c(-c5cc(C(C)(C)C)cc(C(C)(C)C)c5)c5ccc2[nH]5)C=C4[N+](=O)[O-])C=C3)cc(C(C)(C)C)c1. The predicted molar refractivity (Wildman–Crippen MR) is 326 cm³/mol. The summed E-state index contributed by atoms with van der Waals surface area (Å²) in [4.78, 5) is 32.5. The van der Waals surface area contributed by atoms with Crippen molar-refractivity contribution in [3.8, 4) is 44.5 Å². The van der Waals surface area contributed by atoms with Gasteiger partial charge in [0.1, 0.15) is 0 Å². The zero-order valence-corrected chi connectivity index (χ0v) is 49.7. The topological polar surface area (TPSA) is 100 Å². The Hall–Kier alpha value is -6.64. The Morgan fingerprint density at radius 1 is 0.395 bits per heavy atom. The molecule has 0 atom stereocenters. The number of rotatable bonds is 5. The highest BCUT2D eigenvalue weighted by Crippen LogP contribution is 2.45. The van der Waals surface area contributed by atoms with Crippen molar-refractivity contribution < 1.29 is 4.92 Å². The molecule has 0 amide bonds. The number of nitro groups is 1. The van der Waals surface area contributed by atoms with E-state index in [4.69, 9.17) is 9.97 Å². The van der Waals surface area contributed by atoms with Gasteiger partial charge in [0.2, 0.25) is 0 Å². The minimum atomic E-state index is -0.285. The molecule has 7 aromatic rings. The van der Waals surface area contributed by atoms with Crippen LogP contribution in [0.3, 0.4) is 0 Å². The molecule has 0 saturated heterocycles. The second-order valence-electron chi connectivity index (χ2n) is 27.3. The molecule has 0 aliphatic carbocycles. The van der Waals surface area contributed by atoms with Crippen LogP contribution in [0.5, 0.6) is 0 Å². The number of benzene rings is 4. The Morgan fingerprint density at radius 2 is 0.697 bits per heavy atom. The fraction of sp³-hybridized carbons (Fsp3) is 0.353. The van der Waals surface area contributed by atoms with E-state index in [1.807, 2.05) is 30.3 Å². The third-order valence-electron chi connectivity index (χ3n) is 15.0. The lowest BCUT2D eigenvalue weighted by Gasteiger charge is -2.26. The lowest BCUT2D eigenvalue weighted by Crippen LogP contribution is -2.16. The fourth-order valence-corrected chi connectivity index (χ4v) is 10.4. The third kappa shape index (κ3) is 10.7. The van der Waals surface area contributed by atoms with Crippen molar-refractivity contribution in [1.82, 2.24) is 19.9 Å². The van der Waals surface area contributed by atoms with Gasteiger partial charge in [0.05, 0.1) is 22.0 Å². The molecular weight excluding hydrogens is 999 g/mol. The molecule has 9 rings (SSSR count). The molecule has 3 aromatic heterocycles. The number of H-pyrrole nitrogens is 2. The van der Waals surface area contributed by atoms with Gasteiger partial charge in [-0.3, -0.25) is 10.1 Å². The maximum absolute atomic E-state index is 13.7. The summed E-state index contributed by atoms with van der Waals surface area (Å²) in [5.74, 6) is 0. The van der Waals surface area contributed by atoms with Crippen molar-refractivity contribution in [3.63, 3.8) is 0 Å². The van der Waals surface area contributed by atoms with Crippen LogP contribution in [0.1, 0.15) is 181 Å². The van der Waals surface area contributed by atoms with E-state index in [-0.39, 0.29) is 48.8 Å². The number of hydrogen-bond acceptors (Lipinski definition) is 4. The Balaban J connectivity index is 1.57. The number of nitrogens with zero attached hydrogens (tertiary/aromatic N) is 3. The van der Waals surface area contributed by atoms with Crippen LogP contribution < -0.4 is 0 Å². The summed E-state index contributed by atoms with van der Waals surface area (Å²) in [5, 5.41) is 13.7. The van der Waals surface area contributed by atoms with Gasteiger partial charge in [-0.1, -0.05) is 207 Å². The lowest BCUT2D eigenvalue weighted by molar-refractivity contribution is -0.374. The molecular formula is C68H76BrN5O2. The molecule has 392 valence electrons. The number of aromatic nitrogens is 4. The van der Waals surface area contributed by atoms with Crippen LogP contribution >= 0.6 is 15.9 Å². The first-order chi connectivity index (χ1) is 35.1. The Morgan fingerprint density at radius 3 is 1.00 bits per heavy atom. The van der Waals surface area contributed by atoms with Gasteiger partial charge in [0.15, 0.2) is 5.69 Å². The quantitative estimate of drug-likeness (QED) is 0.132. The van der Waals surface area contributed by atoms with Crippen LogP contribution in [0.25, 0.3) is 90.5 Å². The lowest BCUT2D eigenvalue weighted by atomic mass is 9.78. The van der Waals surface area contributed by atoms with Crippen molar-refractivity contribution in [3.05, 3.63) is 174 Å². The Kier molecular flexibility index (Phi) is 13.4. The van der Waals surface area contributed by atoms with E-state index in [0.29, 0.717) is 16.8 Å². The van der Waals surface area contributed by atoms with Gasteiger partial charge in [0.25, 0.3) is 5.70 Å². The van der Waals surface area contributed by atoms with Gasteiger partial charge >= 0.3 is 0 Å². The number of hydrogen-bond donors (Lipinski definition) is 2. The third-order valence-corrected chi connectivity index (χ3v) is 15.6. The number of halogens is 1. The molecule has 0 unspecified atom stereocenters. The minimum Gasteiger partial charge on any atom is -0.354 e. The summed E-state index contributed by atoms with van der Waals surface area (Å²) in [6.07, 6.45) is 6.00. The average Bonchev–Trinajstić information content (AvgIpc) is 4.15. The van der Waals surface area contributed by atoms with E-state index in [2.05, 4.69) is 235 Å². The highest BCUT2D eigenvalue weighted by molar-refractivity contribution is 9.10. The van der Waals surface area contributed by atoms with Gasteiger partial charge in [-0.25, -0.2) is 9.97 Å². The molecule has 4 aromatic carbocycles. The van der Waals surface area contributed by atoms with Crippen molar-refractivity contribution >= 4 is 61.9 Å². The van der Waals surface area contributed by atoms with Crippen LogP contribution in [0.4, 0.5) is 0 Å². The summed E-state index contributed by atoms with van der Waals surface area (Å²) in [7, 11) is 0. The van der Waals surface area contributed by atoms with E-state index in [9.17, 15) is 10.1 Å². The van der Waals surface area contributed by atoms with Gasteiger partial charge in [-0.15, -0.1) is 0 Å². The Labute approximate surface area is 459 Å². The van der Waals surface area contributed by atoms with Gasteiger partial charge in [-0.2, -0.15) is 0 Å². The molecule has 5 heterocycles. The maximum atomic E-state index is 13.7. The van der Waals surface area contributed by atoms with Crippen LogP contribution in [0.15, 0.2) is 108 Å². The molecule has 0 saturated carbocycles. The molecule has 0 spiro atoms. The molecule has 8 bridgehead atoms. The molecule has 0 radical (unpaired) electrons. The summed E-state index contributed by atoms with van der Waals surface area (Å²) in [6.45, 7) is 40.6. The van der Waals surface area contributed by atoms with Gasteiger partial charge in [0, 0.05) is 54.9 Å². The zero-order valence-electron chi connectivity index (χ0n) is 48.1. The molecule has 2 N–H and O–H groups in total. The van der Waals surface area contributed by atoms with Crippen LogP contribution in [-0.2, 0) is 32.5 Å². The van der Waals surface area contributed by atoms with Crippen molar-refractivity contribution in [2.45, 2.75) is 157 Å². The van der Waals surface area contributed by atoms with E-state index >= 15 is 0 Å². The van der Waals surface area contributed by atoms with E-state index in [1.54, 1.807) is 6.08 Å². The van der Waals surface area contributed by atoms with E-state index < -0.39 is 0 Å². The monoisotopic (exact) mass is 1070 g/mol. The number of aromatic amines is 2. The highest BCUT2D eigenvalue weighted by atomic mass is 79.9. The van der Waals surface area contributed by atoms with Gasteiger partial charge in [-0.05, 0) is 137 Å². The fourth-order valence-electron chi connectivity index (χ4n) is 10.1.